The fourth-order valence-electron chi connectivity index (χ4n) is 3.96. The molecule has 3 heterocycles. The lowest BCUT2D eigenvalue weighted by molar-refractivity contribution is -0.114. The highest BCUT2D eigenvalue weighted by molar-refractivity contribution is 14.1. The number of nitrogens with one attached hydrogen (secondary N) is 3. The zero-order valence-electron chi connectivity index (χ0n) is 16.9. The number of halogens is 1. The molecule has 8 heteroatoms. The maximum absolute atomic E-state index is 11.4. The lowest BCUT2D eigenvalue weighted by Gasteiger charge is -2.28. The summed E-state index contributed by atoms with van der Waals surface area (Å²) < 4.78 is 1.20. The number of amides is 1. The lowest BCUT2D eigenvalue weighted by Crippen LogP contribution is -2.29. The summed E-state index contributed by atoms with van der Waals surface area (Å²) in [7, 11) is 0. The monoisotopic (exact) mass is 531 g/mol. The van der Waals surface area contributed by atoms with Crippen LogP contribution < -0.4 is 15.5 Å². The maximum atomic E-state index is 11.4. The summed E-state index contributed by atoms with van der Waals surface area (Å²) in [5.41, 5.74) is 6.12. The molecule has 1 aliphatic rings. The van der Waals surface area contributed by atoms with Gasteiger partial charge in [0.25, 0.3) is 0 Å². The molecule has 0 bridgehead atoms. The van der Waals surface area contributed by atoms with Gasteiger partial charge in [-0.25, -0.2) is 0 Å². The average Bonchev–Trinajstić information content (AvgIpc) is 3.18. The molecule has 1 amide bonds. The van der Waals surface area contributed by atoms with Gasteiger partial charge in [-0.2, -0.15) is 0 Å². The molecule has 1 saturated heterocycles. The Morgan fingerprint density at radius 1 is 1.17 bits per heavy atom. The van der Waals surface area contributed by atoms with E-state index in [1.807, 2.05) is 48.7 Å². The van der Waals surface area contributed by atoms with E-state index in [-0.39, 0.29) is 18.0 Å². The zero-order valence-corrected chi connectivity index (χ0v) is 19.8. The topological polar surface area (TPSA) is 73.1 Å². The van der Waals surface area contributed by atoms with Gasteiger partial charge in [-0.15, -0.1) is 0 Å². The van der Waals surface area contributed by atoms with Crippen molar-refractivity contribution in [2.45, 2.75) is 32.9 Å². The molecule has 0 saturated carbocycles. The van der Waals surface area contributed by atoms with Crippen molar-refractivity contribution in [3.63, 3.8) is 0 Å². The molecule has 2 aromatic heterocycles. The molecule has 0 spiro atoms. The second-order valence-corrected chi connectivity index (χ2v) is 8.79. The van der Waals surface area contributed by atoms with E-state index in [0.29, 0.717) is 5.11 Å². The summed E-state index contributed by atoms with van der Waals surface area (Å²) >= 11 is 8.18. The van der Waals surface area contributed by atoms with Crippen LogP contribution in [0, 0.1) is 17.4 Å². The van der Waals surface area contributed by atoms with E-state index in [1.54, 1.807) is 0 Å². The van der Waals surface area contributed by atoms with Gasteiger partial charge < -0.3 is 20.5 Å². The highest BCUT2D eigenvalue weighted by atomic mass is 127. The number of hydrogen-bond acceptors (Lipinski definition) is 3. The van der Waals surface area contributed by atoms with Gasteiger partial charge in [0.1, 0.15) is 0 Å². The van der Waals surface area contributed by atoms with E-state index in [9.17, 15) is 4.79 Å². The molecular weight excluding hydrogens is 509 g/mol. The molecule has 0 unspecified atom stereocenters. The molecule has 3 aromatic rings. The number of nitrogens with zero attached hydrogens (tertiary/aromatic N) is 2. The van der Waals surface area contributed by atoms with Crippen LogP contribution >= 0.6 is 34.8 Å². The summed E-state index contributed by atoms with van der Waals surface area (Å²) in [5.74, 6) is -0.0952. The fourth-order valence-corrected chi connectivity index (χ4v) is 5.16. The SMILES string of the molecule is CC(=O)Nc1ccc(N2C(=S)N[C@@H](c3ccccn3)[C@H]2c2c(C)[nH]c(C)c2I)cc1. The number of aromatic nitrogens is 2. The third-order valence-electron chi connectivity index (χ3n) is 5.20. The number of aromatic amines is 1. The van der Waals surface area contributed by atoms with Gasteiger partial charge in [-0.1, -0.05) is 6.07 Å². The van der Waals surface area contributed by atoms with Gasteiger partial charge in [0.05, 0.1) is 17.8 Å². The van der Waals surface area contributed by atoms with Crippen LogP contribution in [0.3, 0.4) is 0 Å². The predicted octanol–water partition coefficient (Wildman–Crippen LogP) is 4.77. The first-order chi connectivity index (χ1) is 14.4. The first kappa shape index (κ1) is 20.8. The van der Waals surface area contributed by atoms with Crippen LogP contribution in [-0.4, -0.2) is 21.0 Å². The summed E-state index contributed by atoms with van der Waals surface area (Å²) in [4.78, 5) is 21.6. The quantitative estimate of drug-likeness (QED) is 0.335. The third kappa shape index (κ3) is 3.81. The Morgan fingerprint density at radius 3 is 2.47 bits per heavy atom. The number of hydrogen-bond donors (Lipinski definition) is 3. The molecule has 0 aliphatic carbocycles. The summed E-state index contributed by atoms with van der Waals surface area (Å²) in [5, 5.41) is 6.95. The van der Waals surface area contributed by atoms with Crippen LogP contribution in [0.15, 0.2) is 48.7 Å². The number of benzene rings is 1. The van der Waals surface area contributed by atoms with Crippen molar-refractivity contribution in [3.8, 4) is 0 Å². The van der Waals surface area contributed by atoms with Gasteiger partial charge in [-0.05, 0) is 85.1 Å². The van der Waals surface area contributed by atoms with E-state index in [2.05, 4.69) is 61.9 Å². The number of H-pyrrole nitrogens is 1. The largest absolute Gasteiger partial charge is 0.362 e. The standard InChI is InChI=1S/C22H22IN5OS/c1-12-18(19(23)13(2)25-12)21-20(17-6-4-5-11-24-17)27-22(30)28(21)16-9-7-15(8-10-16)26-14(3)29/h4-11,20-21,25H,1-3H3,(H,26,29)(H,27,30)/t20-,21+/m0/s1. The summed E-state index contributed by atoms with van der Waals surface area (Å²) in [6.07, 6.45) is 1.81. The van der Waals surface area contributed by atoms with E-state index >= 15 is 0 Å². The number of rotatable bonds is 4. The van der Waals surface area contributed by atoms with Crippen molar-refractivity contribution < 1.29 is 4.79 Å². The van der Waals surface area contributed by atoms with E-state index in [1.165, 1.54) is 16.1 Å². The van der Waals surface area contributed by atoms with Crippen molar-refractivity contribution in [1.29, 1.82) is 0 Å². The van der Waals surface area contributed by atoms with Crippen LogP contribution in [0.5, 0.6) is 0 Å². The van der Waals surface area contributed by atoms with Gasteiger partial charge >= 0.3 is 0 Å². The molecule has 6 nitrogen and oxygen atoms in total. The first-order valence-electron chi connectivity index (χ1n) is 9.59. The summed E-state index contributed by atoms with van der Waals surface area (Å²) in [6, 6.07) is 13.5. The Hall–Kier alpha value is -2.46. The van der Waals surface area contributed by atoms with Crippen LogP contribution in [0.25, 0.3) is 0 Å². The Labute approximate surface area is 194 Å². The molecule has 30 heavy (non-hydrogen) atoms. The Bertz CT molecular complexity index is 1100. The highest BCUT2D eigenvalue weighted by Gasteiger charge is 2.42. The lowest BCUT2D eigenvalue weighted by atomic mass is 9.96. The van der Waals surface area contributed by atoms with Crippen molar-refractivity contribution in [2.24, 2.45) is 0 Å². The molecular formula is C22H22IN5OS. The highest BCUT2D eigenvalue weighted by Crippen LogP contribution is 2.44. The van der Waals surface area contributed by atoms with E-state index < -0.39 is 0 Å². The van der Waals surface area contributed by atoms with Crippen LogP contribution in [0.1, 0.15) is 41.7 Å². The Morgan fingerprint density at radius 2 is 1.90 bits per heavy atom. The van der Waals surface area contributed by atoms with Crippen molar-refractivity contribution >= 4 is 57.2 Å². The van der Waals surface area contributed by atoms with Crippen LogP contribution in [0.4, 0.5) is 11.4 Å². The maximum Gasteiger partial charge on any atom is 0.221 e. The number of anilines is 2. The van der Waals surface area contributed by atoms with E-state index in [4.69, 9.17) is 12.2 Å². The van der Waals surface area contributed by atoms with Crippen molar-refractivity contribution in [2.75, 3.05) is 10.2 Å². The molecule has 154 valence electrons. The minimum atomic E-state index is -0.0952. The Balaban J connectivity index is 1.81. The number of aryl methyl sites for hydroxylation is 2. The Kier molecular flexibility index (Phi) is 5.79. The molecule has 1 fully saturated rings. The fraction of sp³-hybridized carbons (Fsp3) is 0.227. The van der Waals surface area contributed by atoms with Crippen LogP contribution in [-0.2, 0) is 4.79 Å². The second-order valence-electron chi connectivity index (χ2n) is 7.33. The number of thiocarbonyl (C=S) groups is 1. The minimum absolute atomic E-state index is 0.0594. The molecule has 3 N–H and O–H groups in total. The smallest absolute Gasteiger partial charge is 0.221 e. The number of carbonyl (C=O) groups is 1. The van der Waals surface area contributed by atoms with Gasteiger partial charge in [0.15, 0.2) is 5.11 Å². The molecule has 4 rings (SSSR count). The third-order valence-corrected chi connectivity index (χ3v) is 6.91. The summed E-state index contributed by atoms with van der Waals surface area (Å²) in [6.45, 7) is 5.68. The number of carbonyl (C=O) groups excluding carboxylic acids is 1. The number of pyridine rings is 1. The van der Waals surface area contributed by atoms with Gasteiger partial charge in [-0.3, -0.25) is 9.78 Å². The normalized spacial score (nSPS) is 18.4. The van der Waals surface area contributed by atoms with Gasteiger partial charge in [0.2, 0.25) is 5.91 Å². The molecule has 1 aliphatic heterocycles. The van der Waals surface area contributed by atoms with Gasteiger partial charge in [0, 0.05) is 45.0 Å². The van der Waals surface area contributed by atoms with E-state index in [0.717, 1.165) is 28.5 Å². The second kappa shape index (κ2) is 8.35. The van der Waals surface area contributed by atoms with Crippen molar-refractivity contribution in [1.82, 2.24) is 15.3 Å². The molecule has 0 radical (unpaired) electrons. The van der Waals surface area contributed by atoms with Crippen LogP contribution in [0.2, 0.25) is 0 Å². The minimum Gasteiger partial charge on any atom is -0.362 e. The average molecular weight is 531 g/mol. The molecule has 1 aromatic carbocycles. The zero-order chi connectivity index (χ0) is 21.4. The van der Waals surface area contributed by atoms with Crippen molar-refractivity contribution in [3.05, 3.63) is 74.9 Å². The predicted molar refractivity (Wildman–Crippen MR) is 132 cm³/mol. The molecule has 2 atom stereocenters. The first-order valence-corrected chi connectivity index (χ1v) is 11.1.